The zero-order valence-corrected chi connectivity index (χ0v) is 68.5. The summed E-state index contributed by atoms with van der Waals surface area (Å²) in [5.41, 5.74) is 0. The predicted molar refractivity (Wildman–Crippen MR) is 418 cm³/mol. The van der Waals surface area contributed by atoms with E-state index in [2.05, 4.69) is 34.6 Å². The largest absolute Gasteiger partial charge is 0.472 e. The van der Waals surface area contributed by atoms with Crippen LogP contribution in [0.25, 0.3) is 0 Å². The van der Waals surface area contributed by atoms with Crippen molar-refractivity contribution in [2.45, 2.75) is 464 Å². The summed E-state index contributed by atoms with van der Waals surface area (Å²) < 4.78 is 68.8. The Balaban J connectivity index is 5.25. The lowest BCUT2D eigenvalue weighted by Crippen LogP contribution is -2.30. The fourth-order valence-electron chi connectivity index (χ4n) is 12.9. The summed E-state index contributed by atoms with van der Waals surface area (Å²) in [6.45, 7) is 7.33. The molecule has 0 aliphatic rings. The van der Waals surface area contributed by atoms with Crippen LogP contribution in [0, 0.1) is 5.92 Å². The molecule has 0 saturated heterocycles. The van der Waals surface area contributed by atoms with Gasteiger partial charge in [-0.3, -0.25) is 37.3 Å². The van der Waals surface area contributed by atoms with Crippen molar-refractivity contribution in [1.29, 1.82) is 0 Å². The third-order valence-electron chi connectivity index (χ3n) is 19.5. The zero-order valence-electron chi connectivity index (χ0n) is 66.8. The third-order valence-corrected chi connectivity index (χ3v) is 21.4. The highest BCUT2D eigenvalue weighted by atomic mass is 31.2. The molecule has 0 heterocycles. The molecule has 0 aromatic rings. The number of rotatable bonds is 83. The van der Waals surface area contributed by atoms with E-state index in [-0.39, 0.29) is 25.7 Å². The minimum atomic E-state index is -4.96. The number of unbranched alkanes of at least 4 members (excludes halogenated alkanes) is 55. The van der Waals surface area contributed by atoms with Crippen LogP contribution in [0.2, 0.25) is 0 Å². The van der Waals surface area contributed by atoms with E-state index in [4.69, 9.17) is 37.0 Å². The molecule has 5 atom stereocenters. The van der Waals surface area contributed by atoms with Gasteiger partial charge in [0.25, 0.3) is 0 Å². The van der Waals surface area contributed by atoms with Gasteiger partial charge in [0.05, 0.1) is 26.4 Å². The molecular formula is C83H162O17P2. The number of ether oxygens (including phenoxy) is 4. The van der Waals surface area contributed by atoms with Crippen molar-refractivity contribution in [3.8, 4) is 0 Å². The molecule has 2 unspecified atom stereocenters. The van der Waals surface area contributed by atoms with E-state index < -0.39 is 97.5 Å². The molecule has 0 bridgehead atoms. The molecule has 0 radical (unpaired) electrons. The molecule has 0 spiro atoms. The highest BCUT2D eigenvalue weighted by Crippen LogP contribution is 2.45. The molecule has 0 aliphatic carbocycles. The van der Waals surface area contributed by atoms with E-state index in [9.17, 15) is 43.2 Å². The van der Waals surface area contributed by atoms with Gasteiger partial charge >= 0.3 is 39.5 Å². The van der Waals surface area contributed by atoms with E-state index in [1.165, 1.54) is 270 Å². The van der Waals surface area contributed by atoms with Crippen LogP contribution in [0.15, 0.2) is 0 Å². The maximum atomic E-state index is 13.1. The SMILES string of the molecule is CCCCCCCCCCCCCCCCCCCCCCC(=O)O[C@H](COC(=O)CCCCCCCCCCCCCCCCCC)COP(=O)(O)OC[C@@H](O)COP(=O)(O)OC[C@@H](COC(=O)CCCCCCCCCCCC(C)C)OC(=O)CCCCCCCCCCCCCCCC. The lowest BCUT2D eigenvalue weighted by molar-refractivity contribution is -0.161. The van der Waals surface area contributed by atoms with E-state index in [0.29, 0.717) is 25.7 Å². The maximum absolute atomic E-state index is 13.1. The van der Waals surface area contributed by atoms with Gasteiger partial charge in [0.2, 0.25) is 0 Å². The van der Waals surface area contributed by atoms with Crippen molar-refractivity contribution >= 4 is 39.5 Å². The number of aliphatic hydroxyl groups excluding tert-OH is 1. The lowest BCUT2D eigenvalue weighted by atomic mass is 10.0. The highest BCUT2D eigenvalue weighted by molar-refractivity contribution is 7.47. The van der Waals surface area contributed by atoms with Gasteiger partial charge in [-0.1, -0.05) is 394 Å². The fraction of sp³-hybridized carbons (Fsp3) is 0.952. The Bertz CT molecular complexity index is 1940. The van der Waals surface area contributed by atoms with Gasteiger partial charge in [-0.25, -0.2) is 9.13 Å². The van der Waals surface area contributed by atoms with Crippen LogP contribution in [-0.4, -0.2) is 96.7 Å². The first-order chi connectivity index (χ1) is 49.5. The van der Waals surface area contributed by atoms with Crippen molar-refractivity contribution < 1.29 is 80.2 Å². The minimum absolute atomic E-state index is 0.108. The summed E-state index contributed by atoms with van der Waals surface area (Å²) in [7, 11) is -9.92. The Hall–Kier alpha value is -1.94. The Labute approximate surface area is 626 Å². The van der Waals surface area contributed by atoms with Crippen LogP contribution in [-0.2, 0) is 65.4 Å². The average molecular weight is 1490 g/mol. The van der Waals surface area contributed by atoms with Crippen molar-refractivity contribution in [1.82, 2.24) is 0 Å². The molecule has 19 heteroatoms. The summed E-state index contributed by atoms with van der Waals surface area (Å²) >= 11 is 0. The number of hydrogen-bond acceptors (Lipinski definition) is 15. The molecule has 0 rings (SSSR count). The normalized spacial score (nSPS) is 13.8. The second kappa shape index (κ2) is 75.9. The molecule has 0 amide bonds. The van der Waals surface area contributed by atoms with Crippen molar-refractivity contribution in [3.05, 3.63) is 0 Å². The molecule has 606 valence electrons. The molecule has 3 N–H and O–H groups in total. The fourth-order valence-corrected chi connectivity index (χ4v) is 14.5. The first-order valence-corrected chi connectivity index (χ1v) is 46.1. The van der Waals surface area contributed by atoms with Crippen LogP contribution in [0.3, 0.4) is 0 Å². The quantitative estimate of drug-likeness (QED) is 0.0222. The molecule has 0 aromatic carbocycles. The Kier molecular flexibility index (Phi) is 74.4. The lowest BCUT2D eigenvalue weighted by Gasteiger charge is -2.21. The van der Waals surface area contributed by atoms with Crippen LogP contribution >= 0.6 is 15.6 Å². The predicted octanol–water partition coefficient (Wildman–Crippen LogP) is 25.2. The molecule has 17 nitrogen and oxygen atoms in total. The number of aliphatic hydroxyl groups is 1. The number of carbonyl (C=O) groups is 4. The molecule has 0 saturated carbocycles. The maximum Gasteiger partial charge on any atom is 0.472 e. The van der Waals surface area contributed by atoms with Crippen LogP contribution in [0.1, 0.15) is 446 Å². The zero-order chi connectivity index (χ0) is 74.8. The second-order valence-electron chi connectivity index (χ2n) is 30.3. The van der Waals surface area contributed by atoms with Crippen LogP contribution < -0.4 is 0 Å². The van der Waals surface area contributed by atoms with Gasteiger partial charge in [0.1, 0.15) is 19.3 Å². The highest BCUT2D eigenvalue weighted by Gasteiger charge is 2.30. The van der Waals surface area contributed by atoms with Gasteiger partial charge in [-0.15, -0.1) is 0 Å². The van der Waals surface area contributed by atoms with Gasteiger partial charge in [0, 0.05) is 25.7 Å². The Morgan fingerprint density at radius 3 is 0.667 bits per heavy atom. The third kappa shape index (κ3) is 76.3. The number of phosphoric ester groups is 2. The smallest absolute Gasteiger partial charge is 0.462 e. The van der Waals surface area contributed by atoms with E-state index in [0.717, 1.165) is 95.8 Å². The molecule has 0 aromatic heterocycles. The summed E-state index contributed by atoms with van der Waals surface area (Å²) in [5.74, 6) is -1.36. The van der Waals surface area contributed by atoms with Crippen LogP contribution in [0.4, 0.5) is 0 Å². The number of phosphoric acid groups is 2. The van der Waals surface area contributed by atoms with E-state index in [1.807, 2.05) is 0 Å². The minimum Gasteiger partial charge on any atom is -0.462 e. The molecule has 102 heavy (non-hydrogen) atoms. The summed E-state index contributed by atoms with van der Waals surface area (Å²) in [6.07, 6.45) is 68.0. The number of hydrogen-bond donors (Lipinski definition) is 3. The first-order valence-electron chi connectivity index (χ1n) is 43.1. The van der Waals surface area contributed by atoms with Crippen LogP contribution in [0.5, 0.6) is 0 Å². The standard InChI is InChI=1S/C83H162O17P2/c1-6-9-12-15-18-21-24-27-30-32-33-34-35-37-40-43-48-54-59-64-69-83(88)99-78(72-93-80(85)66-61-56-51-46-41-39-36-31-28-25-22-19-16-13-10-7-2)74-97-101(89,90)95-70-77(84)71-96-102(91,92)98-75-79(73-94-81(86)67-62-57-52-49-44-45-50-55-60-65-76(4)5)100-82(87)68-63-58-53-47-42-38-29-26-23-20-17-14-11-8-3/h76-79,84H,6-75H2,1-5H3,(H,89,90)(H,91,92)/t77-,78-,79-/m1/s1. The average Bonchev–Trinajstić information content (AvgIpc) is 0.925. The molecule has 0 aliphatic heterocycles. The van der Waals surface area contributed by atoms with Crippen molar-refractivity contribution in [2.75, 3.05) is 39.6 Å². The monoisotopic (exact) mass is 1490 g/mol. The van der Waals surface area contributed by atoms with Gasteiger partial charge in [0.15, 0.2) is 12.2 Å². The second-order valence-corrected chi connectivity index (χ2v) is 33.3. The Morgan fingerprint density at radius 1 is 0.265 bits per heavy atom. The topological polar surface area (TPSA) is 237 Å². The first kappa shape index (κ1) is 100. The van der Waals surface area contributed by atoms with Gasteiger partial charge < -0.3 is 33.8 Å². The van der Waals surface area contributed by atoms with Crippen molar-refractivity contribution in [2.24, 2.45) is 5.92 Å². The van der Waals surface area contributed by atoms with E-state index >= 15 is 0 Å². The summed E-state index contributed by atoms with van der Waals surface area (Å²) in [5, 5.41) is 10.7. The van der Waals surface area contributed by atoms with Crippen molar-refractivity contribution in [3.63, 3.8) is 0 Å². The number of carbonyl (C=O) groups excluding carboxylic acids is 4. The summed E-state index contributed by atoms with van der Waals surface area (Å²) in [4.78, 5) is 73.1. The number of esters is 4. The van der Waals surface area contributed by atoms with Gasteiger partial charge in [-0.2, -0.15) is 0 Å². The molecular weight excluding hydrogens is 1330 g/mol. The Morgan fingerprint density at radius 2 is 0.451 bits per heavy atom. The van der Waals surface area contributed by atoms with Gasteiger partial charge in [-0.05, 0) is 31.6 Å². The molecule has 0 fully saturated rings. The van der Waals surface area contributed by atoms with E-state index in [1.54, 1.807) is 0 Å². The summed E-state index contributed by atoms with van der Waals surface area (Å²) in [6, 6.07) is 0.